The molecule has 0 radical (unpaired) electrons. The zero-order valence-corrected chi connectivity index (χ0v) is 13.5. The Morgan fingerprint density at radius 1 is 1.09 bits per heavy atom. The Labute approximate surface area is 135 Å². The van der Waals surface area contributed by atoms with Crippen LogP contribution in [0.2, 0.25) is 0 Å². The van der Waals surface area contributed by atoms with Crippen molar-refractivity contribution in [2.45, 2.75) is 25.8 Å². The molecule has 2 aliphatic heterocycles. The van der Waals surface area contributed by atoms with Gasteiger partial charge in [0.1, 0.15) is 15.3 Å². The molecule has 23 heavy (non-hydrogen) atoms. The van der Waals surface area contributed by atoms with Gasteiger partial charge in [-0.15, -0.1) is 0 Å². The predicted octanol–water partition coefficient (Wildman–Crippen LogP) is 0.851. The monoisotopic (exact) mass is 337 g/mol. The molecule has 1 amide bonds. The fourth-order valence-electron chi connectivity index (χ4n) is 3.38. The van der Waals surface area contributed by atoms with Gasteiger partial charge in [0.25, 0.3) is 0 Å². The molecule has 0 unspecified atom stereocenters. The number of rotatable bonds is 2. The van der Waals surface area contributed by atoms with Crippen LogP contribution < -0.4 is 0 Å². The molecule has 1 aromatic rings. The van der Waals surface area contributed by atoms with Gasteiger partial charge in [-0.2, -0.15) is 0 Å². The molecule has 0 atom stereocenters. The first kappa shape index (κ1) is 16.0. The van der Waals surface area contributed by atoms with Crippen molar-refractivity contribution < 1.29 is 23.1 Å². The molecule has 1 fully saturated rings. The van der Waals surface area contributed by atoms with Crippen molar-refractivity contribution >= 4 is 21.7 Å². The largest absolute Gasteiger partial charge is 0.480 e. The minimum absolute atomic E-state index is 0.137. The standard InChI is InChI=1S/C16H19NO5S/c18-14(16(15(19)20)6-9-23(21,22)10-7-16)17-8-5-12-3-1-2-4-13(12)11-17/h1-4H,5-11H2,(H,19,20). The Balaban J connectivity index is 1.85. The fourth-order valence-corrected chi connectivity index (χ4v) is 4.90. The fraction of sp³-hybridized carbons (Fsp3) is 0.500. The number of aliphatic carboxylic acids is 1. The van der Waals surface area contributed by atoms with Gasteiger partial charge in [0.05, 0.1) is 11.5 Å². The van der Waals surface area contributed by atoms with E-state index in [1.165, 1.54) is 5.56 Å². The third-order valence-corrected chi connectivity index (χ3v) is 6.57. The Hall–Kier alpha value is -1.89. The number of carboxylic acids is 1. The number of amides is 1. The second-order valence-corrected chi connectivity index (χ2v) is 8.59. The maximum absolute atomic E-state index is 12.9. The summed E-state index contributed by atoms with van der Waals surface area (Å²) in [6.07, 6.45) is 0.416. The highest BCUT2D eigenvalue weighted by Gasteiger charge is 2.51. The summed E-state index contributed by atoms with van der Waals surface area (Å²) in [5.41, 5.74) is 0.598. The Bertz CT molecular complexity index is 741. The first-order valence-corrected chi connectivity index (χ1v) is 9.46. The van der Waals surface area contributed by atoms with Crippen LogP contribution in [0.1, 0.15) is 24.0 Å². The average Bonchev–Trinajstić information content (AvgIpc) is 2.54. The van der Waals surface area contributed by atoms with Crippen LogP contribution in [0.5, 0.6) is 0 Å². The molecule has 1 N–H and O–H groups in total. The van der Waals surface area contributed by atoms with Crippen molar-refractivity contribution in [2.24, 2.45) is 5.41 Å². The summed E-state index contributed by atoms with van der Waals surface area (Å²) in [5.74, 6) is -2.14. The molecule has 0 aliphatic carbocycles. The lowest BCUT2D eigenvalue weighted by Gasteiger charge is -2.38. The SMILES string of the molecule is O=C(O)C1(C(=O)N2CCc3ccccc3C2)CCS(=O)(=O)CC1. The van der Waals surface area contributed by atoms with Gasteiger partial charge in [-0.1, -0.05) is 24.3 Å². The zero-order chi connectivity index (χ0) is 16.7. The molecule has 124 valence electrons. The number of hydrogen-bond donors (Lipinski definition) is 1. The highest BCUT2D eigenvalue weighted by molar-refractivity contribution is 7.91. The van der Waals surface area contributed by atoms with Gasteiger partial charge >= 0.3 is 5.97 Å². The number of nitrogens with zero attached hydrogens (tertiary/aromatic N) is 1. The van der Waals surface area contributed by atoms with Crippen LogP contribution in [0.15, 0.2) is 24.3 Å². The second kappa shape index (κ2) is 5.63. The van der Waals surface area contributed by atoms with E-state index in [0.717, 1.165) is 5.56 Å². The summed E-state index contributed by atoms with van der Waals surface area (Å²) in [6.45, 7) is 0.856. The quantitative estimate of drug-likeness (QED) is 0.808. The maximum atomic E-state index is 12.9. The number of carbonyl (C=O) groups excluding carboxylic acids is 1. The van der Waals surface area contributed by atoms with Gasteiger partial charge < -0.3 is 10.0 Å². The minimum atomic E-state index is -3.23. The first-order chi connectivity index (χ1) is 10.8. The lowest BCUT2D eigenvalue weighted by molar-refractivity contribution is -0.162. The van der Waals surface area contributed by atoms with E-state index in [1.807, 2.05) is 24.3 Å². The van der Waals surface area contributed by atoms with Gasteiger partial charge in [0, 0.05) is 13.1 Å². The molecule has 7 heteroatoms. The first-order valence-electron chi connectivity index (χ1n) is 7.64. The van der Waals surface area contributed by atoms with Crippen molar-refractivity contribution in [3.8, 4) is 0 Å². The minimum Gasteiger partial charge on any atom is -0.480 e. The van der Waals surface area contributed by atoms with E-state index in [1.54, 1.807) is 4.90 Å². The summed E-state index contributed by atoms with van der Waals surface area (Å²) in [4.78, 5) is 26.2. The summed E-state index contributed by atoms with van der Waals surface area (Å²) in [7, 11) is -3.23. The van der Waals surface area contributed by atoms with Crippen LogP contribution in [-0.2, 0) is 32.4 Å². The van der Waals surface area contributed by atoms with E-state index < -0.39 is 27.1 Å². The van der Waals surface area contributed by atoms with Crippen LogP contribution in [0.4, 0.5) is 0 Å². The van der Waals surface area contributed by atoms with Gasteiger partial charge in [0.15, 0.2) is 0 Å². The molecule has 1 saturated heterocycles. The Kier molecular flexibility index (Phi) is 3.91. The molecule has 0 saturated carbocycles. The maximum Gasteiger partial charge on any atom is 0.319 e. The third kappa shape index (κ3) is 2.85. The van der Waals surface area contributed by atoms with E-state index in [9.17, 15) is 23.1 Å². The highest BCUT2D eigenvalue weighted by atomic mass is 32.2. The Morgan fingerprint density at radius 2 is 1.70 bits per heavy atom. The van der Waals surface area contributed by atoms with E-state index in [0.29, 0.717) is 19.5 Å². The molecule has 3 rings (SSSR count). The van der Waals surface area contributed by atoms with Gasteiger partial charge in [-0.25, -0.2) is 8.42 Å². The predicted molar refractivity (Wildman–Crippen MR) is 83.5 cm³/mol. The average molecular weight is 337 g/mol. The highest BCUT2D eigenvalue weighted by Crippen LogP contribution is 2.36. The lowest BCUT2D eigenvalue weighted by Crippen LogP contribution is -2.53. The number of carbonyl (C=O) groups is 2. The van der Waals surface area contributed by atoms with Crippen LogP contribution >= 0.6 is 0 Å². The van der Waals surface area contributed by atoms with E-state index >= 15 is 0 Å². The summed E-state index contributed by atoms with van der Waals surface area (Å²) in [5, 5.41) is 9.61. The van der Waals surface area contributed by atoms with E-state index in [2.05, 4.69) is 0 Å². The number of sulfone groups is 1. The van der Waals surface area contributed by atoms with Gasteiger partial charge in [0.2, 0.25) is 5.91 Å². The molecular weight excluding hydrogens is 318 g/mol. The molecule has 2 heterocycles. The number of fused-ring (bicyclic) bond motifs is 1. The number of carboxylic acid groups (broad SMARTS) is 1. The summed E-state index contributed by atoms with van der Waals surface area (Å²) < 4.78 is 23.2. The van der Waals surface area contributed by atoms with Crippen LogP contribution in [0.3, 0.4) is 0 Å². The lowest BCUT2D eigenvalue weighted by atomic mass is 9.80. The van der Waals surface area contributed by atoms with Crippen molar-refractivity contribution in [3.63, 3.8) is 0 Å². The second-order valence-electron chi connectivity index (χ2n) is 6.28. The number of hydrogen-bond acceptors (Lipinski definition) is 4. The summed E-state index contributed by atoms with van der Waals surface area (Å²) >= 11 is 0. The normalized spacial score (nSPS) is 22.2. The summed E-state index contributed by atoms with van der Waals surface area (Å²) in [6, 6.07) is 7.79. The third-order valence-electron chi connectivity index (χ3n) is 4.92. The topological polar surface area (TPSA) is 91.8 Å². The van der Waals surface area contributed by atoms with Gasteiger partial charge in [-0.3, -0.25) is 9.59 Å². The van der Waals surface area contributed by atoms with Crippen molar-refractivity contribution in [2.75, 3.05) is 18.1 Å². The van der Waals surface area contributed by atoms with E-state index in [-0.39, 0.29) is 24.3 Å². The zero-order valence-electron chi connectivity index (χ0n) is 12.7. The van der Waals surface area contributed by atoms with E-state index in [4.69, 9.17) is 0 Å². The molecule has 1 aromatic carbocycles. The number of benzene rings is 1. The molecule has 6 nitrogen and oxygen atoms in total. The molecule has 0 aromatic heterocycles. The smallest absolute Gasteiger partial charge is 0.319 e. The van der Waals surface area contributed by atoms with Crippen molar-refractivity contribution in [1.82, 2.24) is 4.90 Å². The molecular formula is C16H19NO5S. The molecule has 2 aliphatic rings. The van der Waals surface area contributed by atoms with Crippen LogP contribution in [0.25, 0.3) is 0 Å². The van der Waals surface area contributed by atoms with Crippen molar-refractivity contribution in [1.29, 1.82) is 0 Å². The van der Waals surface area contributed by atoms with Crippen molar-refractivity contribution in [3.05, 3.63) is 35.4 Å². The molecule has 0 spiro atoms. The van der Waals surface area contributed by atoms with Crippen LogP contribution in [-0.4, -0.2) is 48.4 Å². The van der Waals surface area contributed by atoms with Crippen LogP contribution in [0, 0.1) is 5.41 Å². The Morgan fingerprint density at radius 3 is 2.30 bits per heavy atom. The molecule has 0 bridgehead atoms. The van der Waals surface area contributed by atoms with Gasteiger partial charge in [-0.05, 0) is 30.4 Å².